The van der Waals surface area contributed by atoms with Gasteiger partial charge in [-0.05, 0) is 53.1 Å². The zero-order valence-corrected chi connectivity index (χ0v) is 29.1. The molecular formula is C40H37FN8O5. The fraction of sp³-hybridized carbons (Fsp3) is 0.200. The number of fused-ring (bicyclic) bond motifs is 1. The van der Waals surface area contributed by atoms with E-state index in [0.29, 0.717) is 17.1 Å². The van der Waals surface area contributed by atoms with Gasteiger partial charge >= 0.3 is 6.03 Å². The fourth-order valence-corrected chi connectivity index (χ4v) is 6.37. The molecule has 0 aliphatic carbocycles. The maximum Gasteiger partial charge on any atom is 0.332 e. The summed E-state index contributed by atoms with van der Waals surface area (Å²) < 4.78 is 19.2. The molecule has 0 saturated carbocycles. The van der Waals surface area contributed by atoms with E-state index in [2.05, 4.69) is 25.8 Å². The highest BCUT2D eigenvalue weighted by Gasteiger charge is 2.33. The van der Waals surface area contributed by atoms with Crippen LogP contribution >= 0.6 is 0 Å². The summed E-state index contributed by atoms with van der Waals surface area (Å²) in [5.41, 5.74) is 3.97. The van der Waals surface area contributed by atoms with E-state index < -0.39 is 23.8 Å². The van der Waals surface area contributed by atoms with Crippen LogP contribution in [0, 0.1) is 5.82 Å². The van der Waals surface area contributed by atoms with Gasteiger partial charge < -0.3 is 25.2 Å². The number of amides is 4. The number of hydrogen-bond acceptors (Lipinski definition) is 9. The molecule has 1 aliphatic rings. The van der Waals surface area contributed by atoms with Crippen LogP contribution in [0.1, 0.15) is 22.5 Å². The van der Waals surface area contributed by atoms with Crippen molar-refractivity contribution in [1.82, 2.24) is 40.7 Å². The van der Waals surface area contributed by atoms with Crippen LogP contribution in [0.5, 0.6) is 5.75 Å². The minimum absolute atomic E-state index is 0.0229. The Morgan fingerprint density at radius 3 is 2.52 bits per heavy atom. The molecule has 4 heterocycles. The summed E-state index contributed by atoms with van der Waals surface area (Å²) in [4.78, 5) is 52.7. The summed E-state index contributed by atoms with van der Waals surface area (Å²) in [6.07, 6.45) is 2.95. The van der Waals surface area contributed by atoms with Crippen molar-refractivity contribution in [2.45, 2.75) is 32.1 Å². The largest absolute Gasteiger partial charge is 0.508 e. The van der Waals surface area contributed by atoms with Crippen molar-refractivity contribution in [2.24, 2.45) is 0 Å². The number of halogens is 1. The number of phenols is 1. The van der Waals surface area contributed by atoms with Gasteiger partial charge in [-0.25, -0.2) is 14.2 Å². The third kappa shape index (κ3) is 8.68. The molecule has 0 spiro atoms. The number of aromatic hydroxyl groups is 1. The SMILES string of the molecule is O=C1CN(Cc2cc(-c3ccc(F)cn3)no2)N(C(=O)NCc2ccccc2)CCN(Cc2cccc3ncccc23)C(=O)[C@@H](Cc2ccc(O)cc2)N1. The number of rotatable bonds is 9. The molecule has 3 aromatic carbocycles. The molecule has 1 saturated heterocycles. The van der Waals surface area contributed by atoms with Crippen LogP contribution in [0.3, 0.4) is 0 Å². The molecule has 1 aliphatic heterocycles. The number of nitrogens with zero attached hydrogens (tertiary/aromatic N) is 6. The summed E-state index contributed by atoms with van der Waals surface area (Å²) in [5, 5.41) is 23.7. The van der Waals surface area contributed by atoms with Crippen molar-refractivity contribution in [1.29, 1.82) is 0 Å². The molecule has 0 unspecified atom stereocenters. The predicted molar refractivity (Wildman–Crippen MR) is 196 cm³/mol. The fourth-order valence-electron chi connectivity index (χ4n) is 6.37. The molecular weight excluding hydrogens is 691 g/mol. The molecule has 7 rings (SSSR count). The number of carbonyl (C=O) groups is 3. The summed E-state index contributed by atoms with van der Waals surface area (Å²) in [5.74, 6) is -0.935. The zero-order chi connectivity index (χ0) is 37.4. The van der Waals surface area contributed by atoms with E-state index in [1.165, 1.54) is 29.3 Å². The molecule has 274 valence electrons. The molecule has 54 heavy (non-hydrogen) atoms. The van der Waals surface area contributed by atoms with Crippen molar-refractivity contribution in [3.8, 4) is 17.1 Å². The predicted octanol–water partition coefficient (Wildman–Crippen LogP) is 4.83. The zero-order valence-electron chi connectivity index (χ0n) is 29.1. The Labute approximate surface area is 310 Å². The number of hydrazine groups is 1. The molecule has 1 fully saturated rings. The van der Waals surface area contributed by atoms with E-state index in [1.807, 2.05) is 60.7 Å². The minimum Gasteiger partial charge on any atom is -0.508 e. The number of hydrogen-bond donors (Lipinski definition) is 3. The van der Waals surface area contributed by atoms with E-state index in [9.17, 15) is 23.9 Å². The van der Waals surface area contributed by atoms with Gasteiger partial charge in [0.1, 0.15) is 23.3 Å². The normalized spacial score (nSPS) is 15.6. The number of benzene rings is 3. The van der Waals surface area contributed by atoms with E-state index in [4.69, 9.17) is 4.52 Å². The van der Waals surface area contributed by atoms with Crippen LogP contribution in [-0.4, -0.2) is 78.7 Å². The first kappa shape index (κ1) is 35.7. The number of urea groups is 1. The second-order valence-electron chi connectivity index (χ2n) is 12.9. The second kappa shape index (κ2) is 16.3. The van der Waals surface area contributed by atoms with Gasteiger partial charge in [0.25, 0.3) is 0 Å². The van der Waals surface area contributed by atoms with E-state index in [1.54, 1.807) is 34.3 Å². The first-order valence-corrected chi connectivity index (χ1v) is 17.4. The lowest BCUT2D eigenvalue weighted by Crippen LogP contribution is -2.59. The summed E-state index contributed by atoms with van der Waals surface area (Å²) in [6.45, 7) is 0.172. The Balaban J connectivity index is 1.22. The molecule has 4 amide bonds. The monoisotopic (exact) mass is 728 g/mol. The quantitative estimate of drug-likeness (QED) is 0.190. The molecule has 3 aromatic heterocycles. The first-order valence-electron chi connectivity index (χ1n) is 17.4. The molecule has 0 bridgehead atoms. The smallest absolute Gasteiger partial charge is 0.332 e. The first-order chi connectivity index (χ1) is 26.3. The van der Waals surface area contributed by atoms with Gasteiger partial charge in [-0.1, -0.05) is 65.8 Å². The van der Waals surface area contributed by atoms with E-state index in [0.717, 1.165) is 33.8 Å². The highest BCUT2D eigenvalue weighted by molar-refractivity contribution is 5.90. The summed E-state index contributed by atoms with van der Waals surface area (Å²) in [6, 6.07) is 28.3. The third-order valence-corrected chi connectivity index (χ3v) is 9.08. The highest BCUT2D eigenvalue weighted by Crippen LogP contribution is 2.22. The number of pyridine rings is 2. The van der Waals surface area contributed by atoms with Gasteiger partial charge in [0.15, 0.2) is 5.76 Å². The topological polar surface area (TPSA) is 157 Å². The Morgan fingerprint density at radius 2 is 1.72 bits per heavy atom. The lowest BCUT2D eigenvalue weighted by molar-refractivity contribution is -0.141. The number of aromatic nitrogens is 3. The van der Waals surface area contributed by atoms with Crippen molar-refractivity contribution in [3.05, 3.63) is 144 Å². The van der Waals surface area contributed by atoms with Gasteiger partial charge in [0, 0.05) is 43.7 Å². The van der Waals surface area contributed by atoms with Gasteiger partial charge in [-0.15, -0.1) is 0 Å². The summed E-state index contributed by atoms with van der Waals surface area (Å²) in [7, 11) is 0. The lowest BCUT2D eigenvalue weighted by Gasteiger charge is -2.38. The van der Waals surface area contributed by atoms with E-state index >= 15 is 0 Å². The van der Waals surface area contributed by atoms with Gasteiger partial charge in [-0.3, -0.25) is 24.6 Å². The average Bonchev–Trinajstić information content (AvgIpc) is 3.65. The van der Waals surface area contributed by atoms with Gasteiger partial charge in [-0.2, -0.15) is 0 Å². The Kier molecular flexibility index (Phi) is 10.8. The van der Waals surface area contributed by atoms with Gasteiger partial charge in [0.2, 0.25) is 11.8 Å². The number of phenolic OH excluding ortho intramolecular Hbond substituents is 1. The van der Waals surface area contributed by atoms with E-state index in [-0.39, 0.29) is 57.3 Å². The van der Waals surface area contributed by atoms with Crippen molar-refractivity contribution >= 4 is 28.7 Å². The summed E-state index contributed by atoms with van der Waals surface area (Å²) >= 11 is 0. The minimum atomic E-state index is -0.961. The standard InChI is InChI=1S/C40H37FN8O5/c41-30-13-16-35(43-23-30)36-21-32(54-46-36)25-48-26-38(51)45-37(20-27-11-14-31(50)15-12-27)39(52)47(24-29-8-4-10-34-33(29)9-5-17-42-34)18-19-49(48)40(53)44-22-28-6-2-1-3-7-28/h1-17,21,23,37,50H,18-20,22,24-26H2,(H,44,53)(H,45,51)/t37-/m1/s1. The molecule has 3 N–H and O–H groups in total. The van der Waals surface area contributed by atoms with Crippen molar-refractivity contribution < 1.29 is 28.4 Å². The Hall–Kier alpha value is -6.67. The Morgan fingerprint density at radius 1 is 0.889 bits per heavy atom. The highest BCUT2D eigenvalue weighted by atomic mass is 19.1. The molecule has 13 nitrogen and oxygen atoms in total. The van der Waals surface area contributed by atoms with Crippen LogP contribution in [0.2, 0.25) is 0 Å². The average molecular weight is 729 g/mol. The van der Waals surface area contributed by atoms with Gasteiger partial charge in [0.05, 0.1) is 37.0 Å². The van der Waals surface area contributed by atoms with Crippen LogP contribution in [0.4, 0.5) is 9.18 Å². The van der Waals surface area contributed by atoms with Crippen LogP contribution in [0.25, 0.3) is 22.3 Å². The number of nitrogens with one attached hydrogen (secondary N) is 2. The lowest BCUT2D eigenvalue weighted by atomic mass is 10.0. The molecule has 1 atom stereocenters. The molecule has 14 heteroatoms. The second-order valence-corrected chi connectivity index (χ2v) is 12.9. The Bertz CT molecular complexity index is 2230. The molecule has 0 radical (unpaired) electrons. The van der Waals surface area contributed by atoms with Crippen LogP contribution < -0.4 is 10.6 Å². The van der Waals surface area contributed by atoms with Crippen LogP contribution in [0.15, 0.2) is 120 Å². The van der Waals surface area contributed by atoms with Crippen molar-refractivity contribution in [3.63, 3.8) is 0 Å². The maximum atomic E-state index is 14.5. The maximum absolute atomic E-state index is 14.5. The third-order valence-electron chi connectivity index (χ3n) is 9.08. The number of carbonyl (C=O) groups excluding carboxylic acids is 3. The molecule has 6 aromatic rings. The van der Waals surface area contributed by atoms with Crippen molar-refractivity contribution in [2.75, 3.05) is 19.6 Å². The van der Waals surface area contributed by atoms with Crippen LogP contribution in [-0.2, 0) is 35.6 Å².